The summed E-state index contributed by atoms with van der Waals surface area (Å²) in [6.45, 7) is 3.11. The lowest BCUT2D eigenvalue weighted by molar-refractivity contribution is 0.129. The molecular weight excluding hydrogens is 640 g/mol. The van der Waals surface area contributed by atoms with Crippen molar-refractivity contribution in [1.82, 2.24) is 0 Å². The van der Waals surface area contributed by atoms with Crippen LogP contribution in [0.5, 0.6) is 17.2 Å². The summed E-state index contributed by atoms with van der Waals surface area (Å²) in [6.07, 6.45) is 2.34. The predicted molar refractivity (Wildman–Crippen MR) is 196 cm³/mol. The fourth-order valence-electron chi connectivity index (χ4n) is 6.10. The molecular formula is C44H38O7. The van der Waals surface area contributed by atoms with E-state index in [2.05, 4.69) is 0 Å². The van der Waals surface area contributed by atoms with E-state index in [-0.39, 0.29) is 29.1 Å². The molecule has 7 nitrogen and oxygen atoms in total. The molecule has 51 heavy (non-hydrogen) atoms. The van der Waals surface area contributed by atoms with Gasteiger partial charge in [0.2, 0.25) is 11.2 Å². The Hall–Kier alpha value is -6.21. The normalized spacial score (nSPS) is 14.2. The van der Waals surface area contributed by atoms with E-state index in [9.17, 15) is 9.90 Å². The Morgan fingerprint density at radius 3 is 1.69 bits per heavy atom. The number of ether oxygens (including phenoxy) is 4. The van der Waals surface area contributed by atoms with Crippen LogP contribution in [0.1, 0.15) is 47.3 Å². The maximum atomic E-state index is 14.0. The Morgan fingerprint density at radius 2 is 1.14 bits per heavy atom. The minimum Gasteiger partial charge on any atom is -0.502 e. The van der Waals surface area contributed by atoms with Gasteiger partial charge in [-0.3, -0.25) is 4.79 Å². The lowest BCUT2D eigenvalue weighted by Gasteiger charge is -2.27. The van der Waals surface area contributed by atoms with E-state index in [1.54, 1.807) is 12.1 Å². The lowest BCUT2D eigenvalue weighted by Crippen LogP contribution is -2.16. The number of allylic oxidation sites excluding steroid dienone is 2. The van der Waals surface area contributed by atoms with Crippen LogP contribution >= 0.6 is 0 Å². The zero-order valence-electron chi connectivity index (χ0n) is 28.3. The summed E-state index contributed by atoms with van der Waals surface area (Å²) < 4.78 is 31.6. The van der Waals surface area contributed by atoms with Crippen molar-refractivity contribution in [2.75, 3.05) is 0 Å². The van der Waals surface area contributed by atoms with E-state index in [0.717, 1.165) is 27.8 Å². The van der Waals surface area contributed by atoms with E-state index in [4.69, 9.17) is 23.4 Å². The molecule has 0 bridgehead atoms. The second-order valence-corrected chi connectivity index (χ2v) is 12.4. The Labute approximate surface area is 296 Å². The van der Waals surface area contributed by atoms with Crippen LogP contribution in [0.25, 0.3) is 11.0 Å². The quantitative estimate of drug-likeness (QED) is 0.130. The van der Waals surface area contributed by atoms with Crippen molar-refractivity contribution in [3.05, 3.63) is 195 Å². The molecule has 256 valence electrons. The zero-order valence-corrected chi connectivity index (χ0v) is 28.3. The van der Waals surface area contributed by atoms with Crippen molar-refractivity contribution in [3.8, 4) is 17.2 Å². The molecule has 1 aliphatic rings. The summed E-state index contributed by atoms with van der Waals surface area (Å²) in [4.78, 5) is 14.0. The first-order chi connectivity index (χ1) is 25.0. The summed E-state index contributed by atoms with van der Waals surface area (Å²) in [6, 6.07) is 42.6. The summed E-state index contributed by atoms with van der Waals surface area (Å²) in [5.41, 5.74) is 4.36. The van der Waals surface area contributed by atoms with Crippen molar-refractivity contribution in [3.63, 3.8) is 0 Å². The summed E-state index contributed by atoms with van der Waals surface area (Å²) in [5.74, 6) is 1.03. The van der Waals surface area contributed by atoms with Crippen molar-refractivity contribution < 1.29 is 28.5 Å². The molecule has 1 heterocycles. The monoisotopic (exact) mass is 678 g/mol. The highest BCUT2D eigenvalue weighted by Crippen LogP contribution is 2.43. The number of rotatable bonds is 13. The van der Waals surface area contributed by atoms with E-state index in [0.29, 0.717) is 43.5 Å². The molecule has 7 rings (SSSR count). The zero-order chi connectivity index (χ0) is 35.0. The van der Waals surface area contributed by atoms with Gasteiger partial charge < -0.3 is 28.5 Å². The van der Waals surface area contributed by atoms with Crippen molar-refractivity contribution in [2.24, 2.45) is 0 Å². The van der Waals surface area contributed by atoms with Gasteiger partial charge >= 0.3 is 0 Å². The van der Waals surface area contributed by atoms with Crippen molar-refractivity contribution in [1.29, 1.82) is 0 Å². The number of benzene rings is 5. The first-order valence-electron chi connectivity index (χ1n) is 17.0. The van der Waals surface area contributed by atoms with E-state index < -0.39 is 17.1 Å². The van der Waals surface area contributed by atoms with Gasteiger partial charge in [-0.15, -0.1) is 0 Å². The first-order valence-corrected chi connectivity index (χ1v) is 17.0. The highest BCUT2D eigenvalue weighted by atomic mass is 16.5. The van der Waals surface area contributed by atoms with Crippen LogP contribution < -0.4 is 14.9 Å². The van der Waals surface area contributed by atoms with Crippen LogP contribution in [0.2, 0.25) is 0 Å². The molecule has 1 aromatic heterocycles. The number of hydrogen-bond acceptors (Lipinski definition) is 7. The molecule has 0 fully saturated rings. The predicted octanol–water partition coefficient (Wildman–Crippen LogP) is 9.74. The second-order valence-electron chi connectivity index (χ2n) is 12.4. The maximum absolute atomic E-state index is 14.0. The van der Waals surface area contributed by atoms with Gasteiger partial charge in [-0.25, -0.2) is 0 Å². The average molecular weight is 679 g/mol. The molecule has 0 saturated carbocycles. The molecule has 0 radical (unpaired) electrons. The Morgan fingerprint density at radius 1 is 0.647 bits per heavy atom. The van der Waals surface area contributed by atoms with Gasteiger partial charge in [0, 0.05) is 18.1 Å². The molecule has 1 unspecified atom stereocenters. The SMILES string of the molecule is CC1=C(OCc2ccccc2)C(OCc2ccccc2)=CCC1c1oc2cc(OCc3ccccc3)cc(OCc3ccccc3)c2c(=O)c1O. The van der Waals surface area contributed by atoms with Gasteiger partial charge in [0.05, 0.1) is 0 Å². The highest BCUT2D eigenvalue weighted by molar-refractivity contribution is 5.86. The molecule has 0 spiro atoms. The fraction of sp³-hybridized carbons (Fsp3) is 0.159. The van der Waals surface area contributed by atoms with E-state index in [1.807, 2.05) is 134 Å². The minimum atomic E-state index is -0.585. The second kappa shape index (κ2) is 15.6. The molecule has 0 aliphatic heterocycles. The number of hydrogen-bond donors (Lipinski definition) is 1. The number of fused-ring (bicyclic) bond motifs is 1. The third-order valence-electron chi connectivity index (χ3n) is 8.84. The Bertz CT molecular complexity index is 2210. The van der Waals surface area contributed by atoms with Crippen molar-refractivity contribution in [2.45, 2.75) is 45.7 Å². The molecule has 1 N–H and O–H groups in total. The third-order valence-corrected chi connectivity index (χ3v) is 8.84. The van der Waals surface area contributed by atoms with Gasteiger partial charge in [-0.05, 0) is 47.2 Å². The minimum absolute atomic E-state index is 0.137. The van der Waals surface area contributed by atoms with Crippen LogP contribution in [-0.4, -0.2) is 5.11 Å². The Kier molecular flexibility index (Phi) is 10.2. The molecule has 5 aromatic carbocycles. The van der Waals surface area contributed by atoms with Crippen LogP contribution in [0.4, 0.5) is 0 Å². The van der Waals surface area contributed by atoms with E-state index in [1.165, 1.54) is 0 Å². The molecule has 7 heteroatoms. The average Bonchev–Trinajstić information content (AvgIpc) is 3.18. The topological polar surface area (TPSA) is 87.4 Å². The fourth-order valence-corrected chi connectivity index (χ4v) is 6.10. The highest BCUT2D eigenvalue weighted by Gasteiger charge is 2.32. The third kappa shape index (κ3) is 7.84. The van der Waals surface area contributed by atoms with Gasteiger partial charge in [0.15, 0.2) is 17.3 Å². The van der Waals surface area contributed by atoms with Crippen LogP contribution in [0.15, 0.2) is 166 Å². The van der Waals surface area contributed by atoms with Gasteiger partial charge in [0.25, 0.3) is 0 Å². The lowest BCUT2D eigenvalue weighted by atomic mass is 9.87. The summed E-state index contributed by atoms with van der Waals surface area (Å²) >= 11 is 0. The van der Waals surface area contributed by atoms with Gasteiger partial charge in [-0.1, -0.05) is 121 Å². The Balaban J connectivity index is 1.25. The maximum Gasteiger partial charge on any atom is 0.238 e. The summed E-state index contributed by atoms with van der Waals surface area (Å²) in [7, 11) is 0. The smallest absolute Gasteiger partial charge is 0.238 e. The standard InChI is InChI=1S/C44H38O7/c1-30-36(22-23-37(48-27-32-16-8-3-9-17-32)43(30)50-29-34-20-12-5-13-21-34)44-42(46)41(45)40-38(49-28-33-18-10-4-11-19-33)24-35(25-39(40)51-44)47-26-31-14-6-2-7-15-31/h2-21,23-25,36,46H,22,26-29H2,1H3. The molecule has 1 aliphatic carbocycles. The molecule has 6 aromatic rings. The van der Waals surface area contributed by atoms with Crippen molar-refractivity contribution >= 4 is 11.0 Å². The molecule has 0 saturated heterocycles. The number of aromatic hydroxyl groups is 1. The van der Waals surface area contributed by atoms with Gasteiger partial charge in [-0.2, -0.15) is 0 Å². The van der Waals surface area contributed by atoms with Crippen LogP contribution in [0, 0.1) is 0 Å². The molecule has 1 atom stereocenters. The summed E-state index contributed by atoms with van der Waals surface area (Å²) in [5, 5.41) is 11.6. The first kappa shape index (κ1) is 33.3. The van der Waals surface area contributed by atoms with Crippen LogP contribution in [0.3, 0.4) is 0 Å². The van der Waals surface area contributed by atoms with E-state index >= 15 is 0 Å². The molecule has 0 amide bonds. The van der Waals surface area contributed by atoms with Crippen LogP contribution in [-0.2, 0) is 35.9 Å². The van der Waals surface area contributed by atoms with Gasteiger partial charge in [0.1, 0.15) is 48.9 Å². The largest absolute Gasteiger partial charge is 0.502 e.